The molecule has 0 spiro atoms. The fourth-order valence-corrected chi connectivity index (χ4v) is 3.24. The first kappa shape index (κ1) is 25.4. The first-order valence-corrected chi connectivity index (χ1v) is 11.5. The van der Waals surface area contributed by atoms with Gasteiger partial charge in [0.1, 0.15) is 6.61 Å². The SMILES string of the molecule is CC[CH]N(CCC)C(=O)COCCCCCCCCCCCCCCC. The molecule has 0 bridgehead atoms. The van der Waals surface area contributed by atoms with Gasteiger partial charge in [-0.05, 0) is 19.3 Å². The Hall–Kier alpha value is -0.570. The van der Waals surface area contributed by atoms with E-state index < -0.39 is 0 Å². The number of rotatable bonds is 20. The van der Waals surface area contributed by atoms with E-state index in [4.69, 9.17) is 4.74 Å². The van der Waals surface area contributed by atoms with Gasteiger partial charge < -0.3 is 9.64 Å². The Morgan fingerprint density at radius 2 is 1.23 bits per heavy atom. The molecule has 0 aromatic heterocycles. The number of hydrogen-bond donors (Lipinski definition) is 0. The van der Waals surface area contributed by atoms with Crippen LogP contribution in [-0.2, 0) is 9.53 Å². The van der Waals surface area contributed by atoms with Gasteiger partial charge in [-0.1, -0.05) is 97.8 Å². The highest BCUT2D eigenvalue weighted by atomic mass is 16.5. The van der Waals surface area contributed by atoms with Crippen molar-refractivity contribution < 1.29 is 9.53 Å². The predicted octanol–water partition coefficient (Wildman–Crippen LogP) is 6.90. The third-order valence-electron chi connectivity index (χ3n) is 4.81. The predicted molar refractivity (Wildman–Crippen MR) is 113 cm³/mol. The van der Waals surface area contributed by atoms with Gasteiger partial charge in [0.15, 0.2) is 0 Å². The Balaban J connectivity index is 3.29. The van der Waals surface area contributed by atoms with Crippen LogP contribution in [0.1, 0.15) is 117 Å². The average Bonchev–Trinajstić information content (AvgIpc) is 2.64. The van der Waals surface area contributed by atoms with E-state index in [1.165, 1.54) is 77.0 Å². The summed E-state index contributed by atoms with van der Waals surface area (Å²) in [6.45, 7) is 10.2. The minimum atomic E-state index is 0.100. The van der Waals surface area contributed by atoms with Gasteiger partial charge in [0, 0.05) is 13.2 Å². The summed E-state index contributed by atoms with van der Waals surface area (Å²) in [4.78, 5) is 13.8. The number of amides is 1. The summed E-state index contributed by atoms with van der Waals surface area (Å²) in [6.07, 6.45) is 19.5. The van der Waals surface area contributed by atoms with Crippen molar-refractivity contribution in [3.63, 3.8) is 0 Å². The third kappa shape index (κ3) is 16.9. The van der Waals surface area contributed by atoms with Crippen molar-refractivity contribution in [1.29, 1.82) is 0 Å². The molecule has 0 aromatic rings. The maximum absolute atomic E-state index is 12.0. The second-order valence-corrected chi connectivity index (χ2v) is 7.47. The van der Waals surface area contributed by atoms with Gasteiger partial charge in [-0.15, -0.1) is 0 Å². The minimum absolute atomic E-state index is 0.100. The Morgan fingerprint density at radius 3 is 1.69 bits per heavy atom. The molecule has 3 nitrogen and oxygen atoms in total. The fourth-order valence-electron chi connectivity index (χ4n) is 3.24. The van der Waals surface area contributed by atoms with E-state index in [9.17, 15) is 4.79 Å². The summed E-state index contributed by atoms with van der Waals surface area (Å²) in [5, 5.41) is 0. The number of ether oxygens (including phenoxy) is 1. The topological polar surface area (TPSA) is 29.5 Å². The molecule has 0 atom stereocenters. The highest BCUT2D eigenvalue weighted by Crippen LogP contribution is 2.12. The van der Waals surface area contributed by atoms with E-state index in [1.54, 1.807) is 0 Å². The molecular weight excluding hydrogens is 322 g/mol. The molecule has 0 aliphatic carbocycles. The van der Waals surface area contributed by atoms with E-state index >= 15 is 0 Å². The highest BCUT2D eigenvalue weighted by Gasteiger charge is 2.11. The molecule has 3 heteroatoms. The van der Waals surface area contributed by atoms with Crippen LogP contribution >= 0.6 is 0 Å². The van der Waals surface area contributed by atoms with Crippen LogP contribution < -0.4 is 0 Å². The Morgan fingerprint density at radius 1 is 0.731 bits per heavy atom. The lowest BCUT2D eigenvalue weighted by atomic mass is 10.0. The van der Waals surface area contributed by atoms with Gasteiger partial charge in [0.2, 0.25) is 5.91 Å². The van der Waals surface area contributed by atoms with Crippen molar-refractivity contribution in [2.45, 2.75) is 117 Å². The van der Waals surface area contributed by atoms with Crippen LogP contribution in [0.15, 0.2) is 0 Å². The van der Waals surface area contributed by atoms with Gasteiger partial charge in [-0.25, -0.2) is 0 Å². The molecule has 0 rings (SSSR count). The maximum atomic E-state index is 12.0. The zero-order chi connectivity index (χ0) is 19.3. The van der Waals surface area contributed by atoms with E-state index in [2.05, 4.69) is 20.8 Å². The average molecular weight is 369 g/mol. The van der Waals surface area contributed by atoms with Gasteiger partial charge >= 0.3 is 0 Å². The zero-order valence-electron chi connectivity index (χ0n) is 18.1. The lowest BCUT2D eigenvalue weighted by Gasteiger charge is -2.20. The lowest BCUT2D eigenvalue weighted by Crippen LogP contribution is -2.32. The zero-order valence-corrected chi connectivity index (χ0v) is 18.1. The summed E-state index contributed by atoms with van der Waals surface area (Å²) in [5.41, 5.74) is 0. The first-order valence-electron chi connectivity index (χ1n) is 11.5. The normalized spacial score (nSPS) is 11.0. The van der Waals surface area contributed by atoms with Crippen molar-refractivity contribution in [3.05, 3.63) is 6.54 Å². The number of carbonyl (C=O) groups excluding carboxylic acids is 1. The quantitative estimate of drug-likeness (QED) is 0.219. The van der Waals surface area contributed by atoms with E-state index in [0.29, 0.717) is 0 Å². The monoisotopic (exact) mass is 368 g/mol. The second kappa shape index (κ2) is 20.7. The first-order chi connectivity index (χ1) is 12.8. The number of unbranched alkanes of at least 4 members (excludes halogenated alkanes) is 12. The van der Waals surface area contributed by atoms with E-state index in [-0.39, 0.29) is 12.5 Å². The van der Waals surface area contributed by atoms with Crippen LogP contribution in [0.25, 0.3) is 0 Å². The lowest BCUT2D eigenvalue weighted by molar-refractivity contribution is -0.134. The molecule has 0 unspecified atom stereocenters. The molecule has 0 aliphatic heterocycles. The summed E-state index contributed by atoms with van der Waals surface area (Å²) in [5.74, 6) is 0.100. The standard InChI is InChI=1S/C23H46NO2/c1-4-7-8-9-10-11-12-13-14-15-16-17-18-21-26-22-23(25)24(19-5-2)20-6-3/h19H,4-18,20-22H2,1-3H3. The van der Waals surface area contributed by atoms with Gasteiger partial charge in [0.05, 0.1) is 6.54 Å². The maximum Gasteiger partial charge on any atom is 0.248 e. The molecule has 0 fully saturated rings. The summed E-state index contributed by atoms with van der Waals surface area (Å²) >= 11 is 0. The largest absolute Gasteiger partial charge is 0.372 e. The van der Waals surface area contributed by atoms with E-state index in [0.717, 1.165) is 32.4 Å². The van der Waals surface area contributed by atoms with Crippen molar-refractivity contribution in [2.24, 2.45) is 0 Å². The van der Waals surface area contributed by atoms with Crippen molar-refractivity contribution in [2.75, 3.05) is 19.8 Å². The number of nitrogens with zero attached hydrogens (tertiary/aromatic N) is 1. The van der Waals surface area contributed by atoms with Crippen LogP contribution in [0.3, 0.4) is 0 Å². The van der Waals surface area contributed by atoms with Gasteiger partial charge in [-0.2, -0.15) is 0 Å². The molecule has 0 heterocycles. The molecule has 0 aliphatic rings. The molecule has 155 valence electrons. The third-order valence-corrected chi connectivity index (χ3v) is 4.81. The number of carbonyl (C=O) groups is 1. The minimum Gasteiger partial charge on any atom is -0.372 e. The second-order valence-electron chi connectivity index (χ2n) is 7.47. The smallest absolute Gasteiger partial charge is 0.248 e. The van der Waals surface area contributed by atoms with Crippen LogP contribution in [0.2, 0.25) is 0 Å². The van der Waals surface area contributed by atoms with Gasteiger partial charge in [-0.3, -0.25) is 4.79 Å². The highest BCUT2D eigenvalue weighted by molar-refractivity contribution is 5.78. The molecular formula is C23H46NO2. The summed E-state index contributed by atoms with van der Waals surface area (Å²) in [7, 11) is 0. The van der Waals surface area contributed by atoms with Crippen LogP contribution in [0, 0.1) is 6.54 Å². The van der Waals surface area contributed by atoms with Crippen LogP contribution in [0.4, 0.5) is 0 Å². The Bertz CT molecular complexity index is 288. The van der Waals surface area contributed by atoms with Crippen molar-refractivity contribution in [3.8, 4) is 0 Å². The van der Waals surface area contributed by atoms with Crippen molar-refractivity contribution in [1.82, 2.24) is 4.90 Å². The van der Waals surface area contributed by atoms with Gasteiger partial charge in [0.25, 0.3) is 0 Å². The van der Waals surface area contributed by atoms with Crippen molar-refractivity contribution >= 4 is 5.91 Å². The van der Waals surface area contributed by atoms with E-state index in [1.807, 2.05) is 11.4 Å². The fraction of sp³-hybridized carbons (Fsp3) is 0.913. The summed E-state index contributed by atoms with van der Waals surface area (Å²) in [6, 6.07) is 0. The Labute approximate surface area is 164 Å². The number of hydrogen-bond acceptors (Lipinski definition) is 2. The van der Waals surface area contributed by atoms with Crippen LogP contribution in [-0.4, -0.2) is 30.6 Å². The molecule has 0 N–H and O–H groups in total. The van der Waals surface area contributed by atoms with Crippen LogP contribution in [0.5, 0.6) is 0 Å². The summed E-state index contributed by atoms with van der Waals surface area (Å²) < 4.78 is 5.56. The molecule has 26 heavy (non-hydrogen) atoms. The molecule has 1 amide bonds. The molecule has 1 radical (unpaired) electrons. The molecule has 0 saturated heterocycles. The molecule has 0 aromatic carbocycles. The Kier molecular flexibility index (Phi) is 20.3. The molecule has 0 saturated carbocycles.